The van der Waals surface area contributed by atoms with Crippen LogP contribution in [0.4, 0.5) is 0 Å². The molecule has 0 saturated carbocycles. The number of aromatic nitrogens is 2. The molecule has 0 spiro atoms. The summed E-state index contributed by atoms with van der Waals surface area (Å²) in [6.07, 6.45) is 3.68. The van der Waals surface area contributed by atoms with Crippen LogP contribution in [0.1, 0.15) is 15.2 Å². The maximum absolute atomic E-state index is 11.7. The number of nitrogen functional groups attached to an aromatic ring is 1. The summed E-state index contributed by atoms with van der Waals surface area (Å²) in [6.45, 7) is 0.597. The second-order valence-electron chi connectivity index (χ2n) is 4.10. The first-order valence-corrected chi connectivity index (χ1v) is 7.68. The van der Waals surface area contributed by atoms with E-state index in [1.807, 2.05) is 39.7 Å². The van der Waals surface area contributed by atoms with Crippen molar-refractivity contribution in [1.82, 2.24) is 15.0 Å². The number of hydrogen-bond donors (Lipinski definition) is 2. The van der Waals surface area contributed by atoms with E-state index in [1.165, 1.54) is 11.3 Å². The Bertz CT molecular complexity index is 714. The fourth-order valence-electron chi connectivity index (χ4n) is 1.98. The van der Waals surface area contributed by atoms with Gasteiger partial charge in [0, 0.05) is 12.4 Å². The van der Waals surface area contributed by atoms with Crippen LogP contribution in [-0.4, -0.2) is 15.5 Å². The van der Waals surface area contributed by atoms with Crippen molar-refractivity contribution in [2.45, 2.75) is 6.54 Å². The van der Waals surface area contributed by atoms with E-state index in [0.29, 0.717) is 11.4 Å². The molecule has 0 unspecified atom stereocenters. The minimum atomic E-state index is -0.257. The number of thiophene rings is 2. The first-order chi connectivity index (χ1) is 9.79. The third-order valence-electron chi connectivity index (χ3n) is 2.88. The molecule has 102 valence electrons. The molecule has 0 saturated heterocycles. The normalized spacial score (nSPS) is 10.7. The van der Waals surface area contributed by atoms with Crippen molar-refractivity contribution in [3.8, 4) is 10.7 Å². The summed E-state index contributed by atoms with van der Waals surface area (Å²) in [5, 5.41) is 3.91. The summed E-state index contributed by atoms with van der Waals surface area (Å²) in [6, 6.07) is 5.97. The molecular formula is C13H12N4OS2. The average molecular weight is 304 g/mol. The lowest BCUT2D eigenvalue weighted by Crippen LogP contribution is -2.30. The molecule has 0 aliphatic carbocycles. The van der Waals surface area contributed by atoms with Gasteiger partial charge in [0.25, 0.3) is 5.91 Å². The highest BCUT2D eigenvalue weighted by atomic mass is 32.1. The molecular weight excluding hydrogens is 292 g/mol. The standard InChI is InChI=1S/C13H12N4OS2/c14-16-13(18)11-9(3-7-20-11)8-17-5-4-15-12(17)10-2-1-6-19-10/h1-7H,8,14H2,(H,16,18). The molecule has 3 heterocycles. The quantitative estimate of drug-likeness (QED) is 0.441. The van der Waals surface area contributed by atoms with Gasteiger partial charge in [0.1, 0.15) is 5.82 Å². The Labute approximate surface area is 123 Å². The number of imidazole rings is 1. The molecule has 0 aliphatic heterocycles. The number of hydrazine groups is 1. The molecule has 5 nitrogen and oxygen atoms in total. The van der Waals surface area contributed by atoms with Crippen LogP contribution in [0.2, 0.25) is 0 Å². The number of hydrogen-bond acceptors (Lipinski definition) is 5. The zero-order valence-corrected chi connectivity index (χ0v) is 12.1. The molecule has 7 heteroatoms. The molecule has 0 aliphatic rings. The van der Waals surface area contributed by atoms with E-state index in [1.54, 1.807) is 17.5 Å². The summed E-state index contributed by atoms with van der Waals surface area (Å²) < 4.78 is 2.03. The number of carbonyl (C=O) groups excluding carboxylic acids is 1. The van der Waals surface area contributed by atoms with Crippen LogP contribution in [0.5, 0.6) is 0 Å². The minimum absolute atomic E-state index is 0.257. The van der Waals surface area contributed by atoms with Crippen molar-refractivity contribution in [2.75, 3.05) is 0 Å². The lowest BCUT2D eigenvalue weighted by Gasteiger charge is -2.07. The molecule has 0 aromatic carbocycles. The van der Waals surface area contributed by atoms with Crippen molar-refractivity contribution in [3.63, 3.8) is 0 Å². The fourth-order valence-corrected chi connectivity index (χ4v) is 3.53. The maximum atomic E-state index is 11.7. The summed E-state index contributed by atoms with van der Waals surface area (Å²) in [7, 11) is 0. The number of nitrogens with two attached hydrogens (primary N) is 1. The van der Waals surface area contributed by atoms with Crippen molar-refractivity contribution in [1.29, 1.82) is 0 Å². The zero-order chi connectivity index (χ0) is 13.9. The SMILES string of the molecule is NNC(=O)c1sccc1Cn1ccnc1-c1cccs1. The van der Waals surface area contributed by atoms with Gasteiger partial charge in [-0.3, -0.25) is 10.2 Å². The molecule has 0 atom stereocenters. The monoisotopic (exact) mass is 304 g/mol. The average Bonchev–Trinajstić information content (AvgIpc) is 3.19. The molecule has 0 fully saturated rings. The van der Waals surface area contributed by atoms with Crippen molar-refractivity contribution in [2.24, 2.45) is 5.84 Å². The van der Waals surface area contributed by atoms with Crippen LogP contribution >= 0.6 is 22.7 Å². The van der Waals surface area contributed by atoms with Crippen LogP contribution in [0, 0.1) is 0 Å². The highest BCUT2D eigenvalue weighted by Gasteiger charge is 2.14. The van der Waals surface area contributed by atoms with Crippen LogP contribution in [-0.2, 0) is 6.54 Å². The lowest BCUT2D eigenvalue weighted by molar-refractivity contribution is 0.0957. The molecule has 3 aromatic rings. The smallest absolute Gasteiger partial charge is 0.275 e. The molecule has 3 aromatic heterocycles. The van der Waals surface area contributed by atoms with E-state index >= 15 is 0 Å². The van der Waals surface area contributed by atoms with E-state index in [-0.39, 0.29) is 5.91 Å². The van der Waals surface area contributed by atoms with E-state index in [0.717, 1.165) is 16.3 Å². The summed E-state index contributed by atoms with van der Waals surface area (Å²) in [4.78, 5) is 17.8. The maximum Gasteiger partial charge on any atom is 0.275 e. The van der Waals surface area contributed by atoms with Gasteiger partial charge in [0.15, 0.2) is 0 Å². The predicted molar refractivity (Wildman–Crippen MR) is 80.6 cm³/mol. The highest BCUT2D eigenvalue weighted by molar-refractivity contribution is 7.13. The van der Waals surface area contributed by atoms with Gasteiger partial charge in [0.2, 0.25) is 0 Å². The second-order valence-corrected chi connectivity index (χ2v) is 5.97. The van der Waals surface area contributed by atoms with Gasteiger partial charge in [-0.1, -0.05) is 6.07 Å². The van der Waals surface area contributed by atoms with Crippen LogP contribution in [0.15, 0.2) is 41.4 Å². The zero-order valence-electron chi connectivity index (χ0n) is 10.4. The summed E-state index contributed by atoms with van der Waals surface area (Å²) in [5.41, 5.74) is 3.12. The Morgan fingerprint density at radius 3 is 3.00 bits per heavy atom. The van der Waals surface area contributed by atoms with Gasteiger partial charge in [-0.25, -0.2) is 10.8 Å². The third kappa shape index (κ3) is 2.38. The Morgan fingerprint density at radius 1 is 1.35 bits per heavy atom. The number of rotatable bonds is 4. The largest absolute Gasteiger partial charge is 0.326 e. The minimum Gasteiger partial charge on any atom is -0.326 e. The van der Waals surface area contributed by atoms with E-state index in [9.17, 15) is 4.79 Å². The summed E-state index contributed by atoms with van der Waals surface area (Å²) >= 11 is 3.03. The topological polar surface area (TPSA) is 72.9 Å². The van der Waals surface area contributed by atoms with Crippen molar-refractivity contribution >= 4 is 28.6 Å². The van der Waals surface area contributed by atoms with Crippen LogP contribution < -0.4 is 11.3 Å². The molecule has 20 heavy (non-hydrogen) atoms. The van der Waals surface area contributed by atoms with E-state index < -0.39 is 0 Å². The van der Waals surface area contributed by atoms with Gasteiger partial charge in [-0.2, -0.15) is 0 Å². The van der Waals surface area contributed by atoms with Crippen LogP contribution in [0.3, 0.4) is 0 Å². The van der Waals surface area contributed by atoms with Gasteiger partial charge in [-0.15, -0.1) is 22.7 Å². The first-order valence-electron chi connectivity index (χ1n) is 5.92. The Hall–Kier alpha value is -1.96. The Kier molecular flexibility index (Phi) is 3.64. The molecule has 3 N–H and O–H groups in total. The fraction of sp³-hybridized carbons (Fsp3) is 0.0769. The Balaban J connectivity index is 1.92. The second kappa shape index (κ2) is 5.58. The van der Waals surface area contributed by atoms with Crippen LogP contribution in [0.25, 0.3) is 10.7 Å². The van der Waals surface area contributed by atoms with E-state index in [4.69, 9.17) is 5.84 Å². The number of nitrogens with zero attached hydrogens (tertiary/aromatic N) is 2. The van der Waals surface area contributed by atoms with Gasteiger partial charge in [0.05, 0.1) is 16.3 Å². The number of nitrogens with one attached hydrogen (secondary N) is 1. The molecule has 0 radical (unpaired) electrons. The van der Waals surface area contributed by atoms with Gasteiger partial charge >= 0.3 is 0 Å². The van der Waals surface area contributed by atoms with Crippen molar-refractivity contribution in [3.05, 3.63) is 51.8 Å². The number of carbonyl (C=O) groups is 1. The third-order valence-corrected chi connectivity index (χ3v) is 4.70. The summed E-state index contributed by atoms with van der Waals surface area (Å²) in [5.74, 6) is 5.85. The highest BCUT2D eigenvalue weighted by Crippen LogP contribution is 2.25. The van der Waals surface area contributed by atoms with Gasteiger partial charge < -0.3 is 4.57 Å². The Morgan fingerprint density at radius 2 is 2.25 bits per heavy atom. The van der Waals surface area contributed by atoms with Crippen molar-refractivity contribution < 1.29 is 4.79 Å². The molecule has 3 rings (SSSR count). The lowest BCUT2D eigenvalue weighted by atomic mass is 10.2. The van der Waals surface area contributed by atoms with Gasteiger partial charge in [-0.05, 0) is 28.5 Å². The van der Waals surface area contributed by atoms with E-state index in [2.05, 4.69) is 10.4 Å². The predicted octanol–water partition coefficient (Wildman–Crippen LogP) is 2.32. The first kappa shape index (κ1) is 13.0. The molecule has 1 amide bonds. The number of amides is 1. The molecule has 0 bridgehead atoms.